The first-order chi connectivity index (χ1) is 18.9. The van der Waals surface area contributed by atoms with Gasteiger partial charge in [-0.2, -0.15) is 0 Å². The molecule has 0 bridgehead atoms. The number of carbonyl (C=O) groups excluding carboxylic acids is 5. The molecule has 13 nitrogen and oxygen atoms in total. The van der Waals surface area contributed by atoms with Gasteiger partial charge in [-0.1, -0.05) is 27.2 Å². The summed E-state index contributed by atoms with van der Waals surface area (Å²) in [6, 6.07) is -3.62. The topological polar surface area (TPSA) is 196 Å². The Kier molecular flexibility index (Phi) is 13.0. The number of carbonyl (C=O) groups is 6. The minimum atomic E-state index is -1.41. The number of aryl methyl sites for hydroxylation is 1. The smallest absolute Gasteiger partial charge is 0.405 e. The van der Waals surface area contributed by atoms with Gasteiger partial charge in [0.1, 0.15) is 18.0 Å². The summed E-state index contributed by atoms with van der Waals surface area (Å²) in [7, 11) is 0. The molecule has 5 amide bonds. The first-order valence-corrected chi connectivity index (χ1v) is 14.3. The van der Waals surface area contributed by atoms with Crippen molar-refractivity contribution in [1.82, 2.24) is 31.6 Å². The summed E-state index contributed by atoms with van der Waals surface area (Å²) in [5, 5.41) is 22.5. The Balaban J connectivity index is 2.21. The van der Waals surface area contributed by atoms with E-state index in [9.17, 15) is 33.9 Å². The third-order valence-electron chi connectivity index (χ3n) is 6.30. The molecule has 222 valence electrons. The van der Waals surface area contributed by atoms with Gasteiger partial charge in [-0.05, 0) is 32.1 Å². The van der Waals surface area contributed by atoms with Gasteiger partial charge in [-0.15, -0.1) is 11.3 Å². The Morgan fingerprint density at radius 3 is 2.33 bits per heavy atom. The number of rotatable bonds is 16. The van der Waals surface area contributed by atoms with Crippen LogP contribution in [0, 0.1) is 18.8 Å². The summed E-state index contributed by atoms with van der Waals surface area (Å²) in [4.78, 5) is 81.0. The van der Waals surface area contributed by atoms with Crippen molar-refractivity contribution in [2.24, 2.45) is 11.8 Å². The number of hydrogen-bond acceptors (Lipinski definition) is 8. The van der Waals surface area contributed by atoms with Crippen LogP contribution in [-0.2, 0) is 30.4 Å². The standard InChI is InChI=1S/C26H40N6O7S/c1-5-6-8-27-20(33)11-17(22(34)16-7-9-28-23(16)35)30-24(36)18(10-14(2)3)31-25(37)19(32-26(38)39)12-21-29-13-15(4)40-21/h13-14,16-19,32H,5-12H2,1-4H3,(H,27,33)(H,28,35)(H,30,36)(H,31,37)(H,38,39)/t16-,17-,18-,19-/m0/s1. The van der Waals surface area contributed by atoms with Gasteiger partial charge in [-0.25, -0.2) is 9.78 Å². The summed E-state index contributed by atoms with van der Waals surface area (Å²) in [5.74, 6) is -3.96. The summed E-state index contributed by atoms with van der Waals surface area (Å²) in [5.41, 5.74) is 0. The van der Waals surface area contributed by atoms with Gasteiger partial charge in [0.05, 0.1) is 17.5 Å². The van der Waals surface area contributed by atoms with Crippen LogP contribution in [0.5, 0.6) is 0 Å². The number of nitrogens with zero attached hydrogens (tertiary/aromatic N) is 1. The van der Waals surface area contributed by atoms with E-state index < -0.39 is 59.5 Å². The van der Waals surface area contributed by atoms with Crippen molar-refractivity contribution in [2.75, 3.05) is 13.1 Å². The molecule has 1 fully saturated rings. The van der Waals surface area contributed by atoms with Crippen molar-refractivity contribution < 1.29 is 33.9 Å². The zero-order valence-corrected chi connectivity index (χ0v) is 24.2. The molecule has 6 N–H and O–H groups in total. The number of Topliss-reactive ketones (excluding diaryl/α,β-unsaturated/α-hetero) is 1. The molecule has 1 aromatic heterocycles. The van der Waals surface area contributed by atoms with Crippen LogP contribution in [0.15, 0.2) is 6.20 Å². The van der Waals surface area contributed by atoms with Crippen LogP contribution >= 0.6 is 11.3 Å². The minimum Gasteiger partial charge on any atom is -0.465 e. The Morgan fingerprint density at radius 2 is 1.77 bits per heavy atom. The average Bonchev–Trinajstić information content (AvgIpc) is 3.49. The molecule has 0 saturated carbocycles. The fraction of sp³-hybridized carbons (Fsp3) is 0.654. The number of unbranched alkanes of at least 4 members (excludes halogenated alkanes) is 1. The molecule has 0 aromatic carbocycles. The van der Waals surface area contributed by atoms with Crippen molar-refractivity contribution >= 4 is 46.8 Å². The number of thiazole rings is 1. The van der Waals surface area contributed by atoms with Gasteiger partial charge in [0.2, 0.25) is 23.6 Å². The number of ketones is 1. The second-order valence-corrected chi connectivity index (χ2v) is 11.6. The lowest BCUT2D eigenvalue weighted by molar-refractivity contribution is -0.138. The van der Waals surface area contributed by atoms with E-state index in [1.165, 1.54) is 11.3 Å². The lowest BCUT2D eigenvalue weighted by atomic mass is 9.93. The Hall–Kier alpha value is -3.55. The van der Waals surface area contributed by atoms with Crippen LogP contribution in [-0.4, -0.2) is 76.8 Å². The zero-order valence-electron chi connectivity index (χ0n) is 23.4. The summed E-state index contributed by atoms with van der Waals surface area (Å²) >= 11 is 1.32. The molecule has 1 aliphatic rings. The maximum atomic E-state index is 13.4. The molecule has 1 aromatic rings. The second-order valence-electron chi connectivity index (χ2n) is 10.3. The molecule has 1 aliphatic heterocycles. The van der Waals surface area contributed by atoms with Gasteiger partial charge < -0.3 is 31.7 Å². The molecule has 0 radical (unpaired) electrons. The van der Waals surface area contributed by atoms with E-state index in [-0.39, 0.29) is 31.6 Å². The first-order valence-electron chi connectivity index (χ1n) is 13.5. The third kappa shape index (κ3) is 10.5. The van der Waals surface area contributed by atoms with Crippen molar-refractivity contribution in [3.05, 3.63) is 16.1 Å². The lowest BCUT2D eigenvalue weighted by Gasteiger charge is -2.26. The van der Waals surface area contributed by atoms with E-state index in [0.29, 0.717) is 18.1 Å². The molecule has 0 aliphatic carbocycles. The van der Waals surface area contributed by atoms with Crippen LogP contribution in [0.1, 0.15) is 62.8 Å². The van der Waals surface area contributed by atoms with Gasteiger partial charge in [0.25, 0.3) is 0 Å². The first kappa shape index (κ1) is 32.7. The molecule has 4 atom stereocenters. The second kappa shape index (κ2) is 15.9. The predicted molar refractivity (Wildman–Crippen MR) is 147 cm³/mol. The maximum Gasteiger partial charge on any atom is 0.405 e. The number of carboxylic acid groups (broad SMARTS) is 1. The van der Waals surface area contributed by atoms with Crippen LogP contribution in [0.2, 0.25) is 0 Å². The van der Waals surface area contributed by atoms with E-state index in [4.69, 9.17) is 0 Å². The van der Waals surface area contributed by atoms with Crippen LogP contribution in [0.25, 0.3) is 0 Å². The normalized spacial score (nSPS) is 16.9. The van der Waals surface area contributed by atoms with E-state index in [0.717, 1.165) is 17.7 Å². The van der Waals surface area contributed by atoms with E-state index in [1.807, 2.05) is 27.7 Å². The SMILES string of the molecule is CCCCNC(=O)C[C@H](NC(=O)[C@H](CC(C)C)NC(=O)[C@H](Cc1ncc(C)s1)NC(=O)O)C(=O)[C@@H]1CCNC1=O. The number of hydrogen-bond donors (Lipinski definition) is 6. The Labute approximate surface area is 237 Å². The molecule has 0 unspecified atom stereocenters. The maximum absolute atomic E-state index is 13.4. The highest BCUT2D eigenvalue weighted by Crippen LogP contribution is 2.16. The molecule has 1 saturated heterocycles. The van der Waals surface area contributed by atoms with E-state index in [1.54, 1.807) is 6.20 Å². The lowest BCUT2D eigenvalue weighted by Crippen LogP contribution is -2.57. The monoisotopic (exact) mass is 580 g/mol. The van der Waals surface area contributed by atoms with Gasteiger partial charge in [-0.3, -0.25) is 24.0 Å². The largest absolute Gasteiger partial charge is 0.465 e. The van der Waals surface area contributed by atoms with Gasteiger partial charge >= 0.3 is 6.09 Å². The predicted octanol–water partition coefficient (Wildman–Crippen LogP) is 0.658. The molecule has 0 spiro atoms. The highest BCUT2D eigenvalue weighted by Gasteiger charge is 2.38. The number of nitrogens with one attached hydrogen (secondary N) is 5. The van der Waals surface area contributed by atoms with Crippen molar-refractivity contribution in [3.63, 3.8) is 0 Å². The van der Waals surface area contributed by atoms with Gasteiger partial charge in [0, 0.05) is 30.6 Å². The highest BCUT2D eigenvalue weighted by molar-refractivity contribution is 7.11. The third-order valence-corrected chi connectivity index (χ3v) is 7.23. The van der Waals surface area contributed by atoms with Crippen molar-refractivity contribution in [3.8, 4) is 0 Å². The number of aromatic nitrogens is 1. The van der Waals surface area contributed by atoms with Crippen LogP contribution < -0.4 is 26.6 Å². The van der Waals surface area contributed by atoms with Crippen molar-refractivity contribution in [1.29, 1.82) is 0 Å². The summed E-state index contributed by atoms with van der Waals surface area (Å²) in [6.07, 6.45) is 1.88. The quantitative estimate of drug-likeness (QED) is 0.121. The summed E-state index contributed by atoms with van der Waals surface area (Å²) < 4.78 is 0. The number of amides is 5. The Morgan fingerprint density at radius 1 is 1.10 bits per heavy atom. The van der Waals surface area contributed by atoms with E-state index >= 15 is 0 Å². The Bertz CT molecular complexity index is 1080. The fourth-order valence-electron chi connectivity index (χ4n) is 4.27. The molecule has 14 heteroatoms. The van der Waals surface area contributed by atoms with E-state index in [2.05, 4.69) is 31.6 Å². The van der Waals surface area contributed by atoms with Crippen molar-refractivity contribution in [2.45, 2.75) is 84.3 Å². The average molecular weight is 581 g/mol. The highest BCUT2D eigenvalue weighted by atomic mass is 32.1. The molecular formula is C26H40N6O7S. The molecule has 2 rings (SSSR count). The molecular weight excluding hydrogens is 540 g/mol. The fourth-order valence-corrected chi connectivity index (χ4v) is 5.10. The summed E-state index contributed by atoms with van der Waals surface area (Å²) in [6.45, 7) is 8.21. The van der Waals surface area contributed by atoms with Crippen LogP contribution in [0.3, 0.4) is 0 Å². The minimum absolute atomic E-state index is 0.0114. The molecule has 40 heavy (non-hydrogen) atoms. The van der Waals surface area contributed by atoms with Gasteiger partial charge in [0.15, 0.2) is 5.78 Å². The van der Waals surface area contributed by atoms with Crippen LogP contribution in [0.4, 0.5) is 4.79 Å². The zero-order chi connectivity index (χ0) is 29.8. The molecule has 2 heterocycles.